The van der Waals surface area contributed by atoms with Crippen molar-refractivity contribution in [3.05, 3.63) is 59.7 Å². The van der Waals surface area contributed by atoms with Crippen LogP contribution in [0.25, 0.3) is 0 Å². The lowest BCUT2D eigenvalue weighted by Gasteiger charge is -2.40. The quantitative estimate of drug-likeness (QED) is 0.0658. The first-order valence-corrected chi connectivity index (χ1v) is 33.3. The van der Waals surface area contributed by atoms with Gasteiger partial charge in [0.25, 0.3) is 10.0 Å². The molecule has 2 N–H and O–H groups in total. The number of carbonyl (C=O) groups excluding carboxylic acids is 1. The van der Waals surface area contributed by atoms with Crippen molar-refractivity contribution >= 4 is 53.9 Å². The number of hydrogen-bond acceptors (Lipinski definition) is 9. The van der Waals surface area contributed by atoms with Gasteiger partial charge < -0.3 is 18.5 Å². The van der Waals surface area contributed by atoms with Gasteiger partial charge in [-0.05, 0) is 124 Å². The number of primary sulfonamides is 1. The number of rotatable bonds is 23. The summed E-state index contributed by atoms with van der Waals surface area (Å²) in [6.45, 7) is 28.6. The molecule has 0 spiro atoms. The molecule has 2 unspecified atom stereocenters. The standard InChI is InChI=1S/C48H83N3O8S3Si2/c1-14-51(41-35-50(31-22-32-57-9)62(55,56)46-40(41)33-45(60-46)61(49,53)54)44(52)26-21-16-15-20-25-38-39(30-28-36(2)27-29-37-23-18-17-19-24-37)43(59-64(12,13)48(6,7)8)34-42(38)58-63(10,11)47(3,4)5/h15,17-20,23-24,33,36,38-39,41-43H,14,16,21-22,25-32,34-35H2,1-13H3,(H2,49,53,54)/b20-15-/t36-,38-,39?,41?,42+,43-/m1/s1. The number of unbranched alkanes of at least 4 members (excludes halogenated alkanes) is 1. The number of fused-ring (bicyclic) bond motifs is 1. The van der Waals surface area contributed by atoms with Crippen molar-refractivity contribution in [2.45, 2.75) is 183 Å². The minimum absolute atomic E-state index is 0.0337. The zero-order valence-electron chi connectivity index (χ0n) is 41.4. The van der Waals surface area contributed by atoms with E-state index in [9.17, 15) is 21.6 Å². The fraction of sp³-hybridized carbons (Fsp3) is 0.729. The molecule has 364 valence electrons. The summed E-state index contributed by atoms with van der Waals surface area (Å²) >= 11 is 0.652. The highest BCUT2D eigenvalue weighted by atomic mass is 32.3. The van der Waals surface area contributed by atoms with Crippen molar-refractivity contribution < 1.29 is 35.2 Å². The van der Waals surface area contributed by atoms with Gasteiger partial charge in [0.15, 0.2) is 16.6 Å². The Bertz CT molecular complexity index is 2060. The summed E-state index contributed by atoms with van der Waals surface area (Å²) in [7, 11) is -10.8. The topological polar surface area (TPSA) is 146 Å². The number of amides is 1. The van der Waals surface area contributed by atoms with E-state index in [-0.39, 0.29) is 56.1 Å². The number of sulfonamides is 2. The van der Waals surface area contributed by atoms with Crippen molar-refractivity contribution in [1.29, 1.82) is 0 Å². The molecule has 16 heteroatoms. The van der Waals surface area contributed by atoms with Crippen LogP contribution in [0, 0.1) is 17.8 Å². The Morgan fingerprint density at radius 2 is 1.58 bits per heavy atom. The van der Waals surface area contributed by atoms with E-state index in [0.717, 1.165) is 44.9 Å². The third-order valence-corrected chi connectivity index (χ3v) is 28.6. The summed E-state index contributed by atoms with van der Waals surface area (Å²) in [4.78, 5) is 15.7. The second kappa shape index (κ2) is 22.6. The summed E-state index contributed by atoms with van der Waals surface area (Å²) < 4.78 is 73.1. The zero-order valence-corrected chi connectivity index (χ0v) is 45.9. The Balaban J connectivity index is 1.52. The van der Waals surface area contributed by atoms with Crippen LogP contribution in [0.4, 0.5) is 0 Å². The molecule has 0 bridgehead atoms. The predicted molar refractivity (Wildman–Crippen MR) is 268 cm³/mol. The molecule has 1 aromatic carbocycles. The van der Waals surface area contributed by atoms with Gasteiger partial charge >= 0.3 is 0 Å². The number of ether oxygens (including phenoxy) is 1. The van der Waals surface area contributed by atoms with Crippen LogP contribution in [0.15, 0.2) is 57.0 Å². The van der Waals surface area contributed by atoms with E-state index >= 15 is 0 Å². The van der Waals surface area contributed by atoms with E-state index in [0.29, 0.717) is 60.6 Å². The predicted octanol–water partition coefficient (Wildman–Crippen LogP) is 10.9. The summed E-state index contributed by atoms with van der Waals surface area (Å²) in [6.07, 6.45) is 13.1. The van der Waals surface area contributed by atoms with Gasteiger partial charge in [0, 0.05) is 45.3 Å². The summed E-state index contributed by atoms with van der Waals surface area (Å²) in [6, 6.07) is 11.5. The number of allylic oxidation sites excluding steroid dienone is 2. The molecule has 2 aromatic rings. The first-order chi connectivity index (χ1) is 29.6. The molecule has 1 saturated carbocycles. The Morgan fingerprint density at radius 1 is 0.969 bits per heavy atom. The first kappa shape index (κ1) is 54.9. The average molecular weight is 983 g/mol. The van der Waals surface area contributed by atoms with Gasteiger partial charge in [0.05, 0.1) is 18.2 Å². The highest BCUT2D eigenvalue weighted by Crippen LogP contribution is 2.49. The molecular weight excluding hydrogens is 899 g/mol. The Morgan fingerprint density at radius 3 is 2.14 bits per heavy atom. The molecule has 1 fully saturated rings. The third-order valence-electron chi connectivity index (χ3n) is 14.7. The third kappa shape index (κ3) is 14.2. The van der Waals surface area contributed by atoms with Crippen LogP contribution >= 0.6 is 11.3 Å². The molecule has 1 aliphatic heterocycles. The SMILES string of the molecule is CCN(C(=O)CCC/C=C\C[C@@H]1C(CC[C@H](C)CCc2ccccc2)[C@H](O[Si](C)(C)C(C)(C)C)C[C@@H]1O[Si](C)(C)C(C)(C)C)C1CN(CCCOC)S(=O)(=O)c2sc(S(N)(=O)=O)cc21. The normalized spacial score (nSPS) is 22.8. The number of nitrogens with two attached hydrogens (primary N) is 1. The fourth-order valence-corrected chi connectivity index (χ4v) is 15.7. The van der Waals surface area contributed by atoms with Gasteiger partial charge in [-0.1, -0.05) is 97.4 Å². The average Bonchev–Trinajstić information content (AvgIpc) is 3.78. The van der Waals surface area contributed by atoms with Crippen molar-refractivity contribution in [3.63, 3.8) is 0 Å². The second-order valence-electron chi connectivity index (χ2n) is 21.5. The highest BCUT2D eigenvalue weighted by Gasteiger charge is 2.51. The number of hydrogen-bond donors (Lipinski definition) is 1. The monoisotopic (exact) mass is 981 g/mol. The van der Waals surface area contributed by atoms with E-state index in [1.807, 2.05) is 6.92 Å². The molecule has 1 aliphatic carbocycles. The van der Waals surface area contributed by atoms with E-state index in [1.54, 1.807) is 12.0 Å². The molecule has 2 heterocycles. The molecular formula is C48H83N3O8S3Si2. The van der Waals surface area contributed by atoms with Gasteiger partial charge in [-0.2, -0.15) is 4.31 Å². The van der Waals surface area contributed by atoms with E-state index in [1.165, 1.54) is 15.9 Å². The number of thiophene rings is 1. The van der Waals surface area contributed by atoms with E-state index < -0.39 is 42.7 Å². The van der Waals surface area contributed by atoms with Crippen LogP contribution in [0.5, 0.6) is 0 Å². The molecule has 4 rings (SSSR count). The van der Waals surface area contributed by atoms with Gasteiger partial charge in [0.1, 0.15) is 8.42 Å². The number of carbonyl (C=O) groups is 1. The van der Waals surface area contributed by atoms with E-state index in [2.05, 4.69) is 117 Å². The maximum absolute atomic E-state index is 14.0. The molecule has 0 saturated heterocycles. The van der Waals surface area contributed by atoms with Gasteiger partial charge in [-0.15, -0.1) is 11.3 Å². The van der Waals surface area contributed by atoms with Crippen molar-refractivity contribution in [1.82, 2.24) is 9.21 Å². The lowest BCUT2D eigenvalue weighted by atomic mass is 9.84. The van der Waals surface area contributed by atoms with Crippen LogP contribution < -0.4 is 5.14 Å². The number of nitrogens with zero attached hydrogens (tertiary/aromatic N) is 2. The number of methoxy groups -OCH3 is 1. The fourth-order valence-electron chi connectivity index (χ4n) is 8.68. The maximum atomic E-state index is 14.0. The van der Waals surface area contributed by atoms with Crippen LogP contribution in [0.3, 0.4) is 0 Å². The van der Waals surface area contributed by atoms with E-state index in [4.69, 9.17) is 18.7 Å². The van der Waals surface area contributed by atoms with Crippen molar-refractivity contribution in [2.75, 3.05) is 33.4 Å². The Kier molecular flexibility index (Phi) is 19.4. The number of benzene rings is 1. The van der Waals surface area contributed by atoms with Gasteiger partial charge in [-0.25, -0.2) is 22.0 Å². The zero-order chi connectivity index (χ0) is 47.9. The molecule has 11 nitrogen and oxygen atoms in total. The largest absolute Gasteiger partial charge is 0.414 e. The first-order valence-electron chi connectivity index (χ1n) is 23.6. The lowest BCUT2D eigenvalue weighted by Crippen LogP contribution is -2.47. The van der Waals surface area contributed by atoms with Crippen molar-refractivity contribution in [2.24, 2.45) is 22.9 Å². The number of aryl methyl sites for hydroxylation is 1. The van der Waals surface area contributed by atoms with Crippen LogP contribution in [-0.4, -0.2) is 94.1 Å². The second-order valence-corrected chi connectivity index (χ2v) is 35.9. The van der Waals surface area contributed by atoms with Crippen LogP contribution in [0.1, 0.15) is 130 Å². The molecule has 0 radical (unpaired) electrons. The Labute approximate surface area is 394 Å². The minimum Gasteiger partial charge on any atom is -0.414 e. The maximum Gasteiger partial charge on any atom is 0.253 e. The lowest BCUT2D eigenvalue weighted by molar-refractivity contribution is -0.134. The summed E-state index contributed by atoms with van der Waals surface area (Å²) in [5, 5.41) is 5.65. The number of likely N-dealkylation sites (N-methyl/N-ethyl adjacent to an activating group) is 1. The summed E-state index contributed by atoms with van der Waals surface area (Å²) in [5.74, 6) is 1.18. The van der Waals surface area contributed by atoms with Gasteiger partial charge in [0.2, 0.25) is 15.9 Å². The van der Waals surface area contributed by atoms with Gasteiger partial charge in [-0.3, -0.25) is 4.79 Å². The summed E-state index contributed by atoms with van der Waals surface area (Å²) in [5.41, 5.74) is 1.71. The molecule has 64 heavy (non-hydrogen) atoms. The van der Waals surface area contributed by atoms with Crippen LogP contribution in [-0.2, 0) is 44.9 Å². The molecule has 1 aromatic heterocycles. The smallest absolute Gasteiger partial charge is 0.253 e. The Hall–Kier alpha value is -1.74. The highest BCUT2D eigenvalue weighted by molar-refractivity contribution is 7.94. The van der Waals surface area contributed by atoms with Crippen molar-refractivity contribution in [3.8, 4) is 0 Å². The molecule has 2 aliphatic rings. The molecule has 1 amide bonds. The molecule has 6 atom stereocenters. The van der Waals surface area contributed by atoms with Crippen LogP contribution in [0.2, 0.25) is 36.3 Å². The minimum atomic E-state index is -4.16.